The van der Waals surface area contributed by atoms with Crippen LogP contribution in [-0.4, -0.2) is 84.4 Å². The van der Waals surface area contributed by atoms with Gasteiger partial charge in [-0.3, -0.25) is 19.3 Å². The van der Waals surface area contributed by atoms with E-state index in [1.165, 1.54) is 35.2 Å². The van der Waals surface area contributed by atoms with Crippen LogP contribution in [0.2, 0.25) is 0 Å². The quantitative estimate of drug-likeness (QED) is 0.381. The summed E-state index contributed by atoms with van der Waals surface area (Å²) in [7, 11) is 0. The van der Waals surface area contributed by atoms with E-state index in [1.807, 2.05) is 0 Å². The fraction of sp³-hybridized carbons (Fsp3) is 0.424. The van der Waals surface area contributed by atoms with Gasteiger partial charge in [0.15, 0.2) is 5.69 Å². The predicted molar refractivity (Wildman–Crippen MR) is 166 cm³/mol. The topological polar surface area (TPSA) is 133 Å². The Morgan fingerprint density at radius 3 is 2.38 bits per heavy atom. The molecule has 1 aromatic heterocycles. The third-order valence-electron chi connectivity index (χ3n) is 8.78. The fourth-order valence-corrected chi connectivity index (χ4v) is 6.48. The molecule has 2 aromatic carbocycles. The Hall–Kier alpha value is -4.81. The van der Waals surface area contributed by atoms with Gasteiger partial charge >= 0.3 is 6.18 Å². The molecular weight excluding hydrogens is 634 g/mol. The lowest BCUT2D eigenvalue weighted by Crippen LogP contribution is -2.56. The molecule has 2 atom stereocenters. The molecule has 3 aliphatic rings. The standard InChI is InChI=1S/C32H34F4N6O4.CHN/c1-2-41-29-25(27(30(44)40-14-12-37-13-15-40)39-42(29)23-10-16-46-17-11-23)24(19-6-8-22(33)9-7-19)26(31(41)45)38-28(43)20-4-3-5-21(18-20)32(34,35)36;1-2/h3-9,18,23-24,26,37H,2,10-17H2,1H3,(H,38,43);1H. The van der Waals surface area contributed by atoms with Crippen LogP contribution in [-0.2, 0) is 15.7 Å². The number of fused-ring (bicyclic) bond motifs is 1. The Kier molecular flexibility index (Phi) is 10.4. The molecule has 0 spiro atoms. The number of hydrogen-bond acceptors (Lipinski definition) is 7. The van der Waals surface area contributed by atoms with Crippen LogP contribution in [0.5, 0.6) is 0 Å². The number of alkyl halides is 3. The van der Waals surface area contributed by atoms with Crippen molar-refractivity contribution in [2.45, 2.75) is 43.9 Å². The number of piperazine rings is 1. The van der Waals surface area contributed by atoms with Gasteiger partial charge in [-0.05, 0) is 55.7 Å². The maximum Gasteiger partial charge on any atom is 0.416 e. The van der Waals surface area contributed by atoms with Gasteiger partial charge in [-0.1, -0.05) is 18.2 Å². The largest absolute Gasteiger partial charge is 0.416 e. The Morgan fingerprint density at radius 1 is 1.08 bits per heavy atom. The number of halogens is 4. The molecule has 0 bridgehead atoms. The molecule has 0 aliphatic carbocycles. The SMILES string of the molecule is C#N.CCN1C(=O)C(NC(=O)c2cccc(C(F)(F)F)c2)C(c2ccc(F)cc2)c2c(C(=O)N3CCNCC3)nn(C3CCOCC3)c21. The molecule has 2 fully saturated rings. The van der Waals surface area contributed by atoms with E-state index in [4.69, 9.17) is 15.1 Å². The van der Waals surface area contributed by atoms with Gasteiger partial charge in [0.1, 0.15) is 17.7 Å². The normalized spacial score (nSPS) is 20.0. The van der Waals surface area contributed by atoms with Crippen molar-refractivity contribution in [3.8, 4) is 6.57 Å². The summed E-state index contributed by atoms with van der Waals surface area (Å²) in [5, 5.41) is 17.3. The Bertz CT molecular complexity index is 1660. The average Bonchev–Trinajstić information content (AvgIpc) is 3.50. The van der Waals surface area contributed by atoms with Crippen LogP contribution in [0.25, 0.3) is 0 Å². The molecule has 2 N–H and O–H groups in total. The van der Waals surface area contributed by atoms with Crippen LogP contribution in [0.4, 0.5) is 23.4 Å². The molecule has 2 unspecified atom stereocenters. The summed E-state index contributed by atoms with van der Waals surface area (Å²) < 4.78 is 61.9. The number of hydrogen-bond donors (Lipinski definition) is 2. The number of anilines is 1. The zero-order chi connectivity index (χ0) is 34.6. The molecule has 11 nitrogen and oxygen atoms in total. The molecule has 4 heterocycles. The van der Waals surface area contributed by atoms with E-state index in [-0.39, 0.29) is 29.8 Å². The van der Waals surface area contributed by atoms with Crippen molar-refractivity contribution < 1.29 is 36.7 Å². The van der Waals surface area contributed by atoms with Crippen molar-refractivity contribution in [2.75, 3.05) is 50.8 Å². The number of aromatic nitrogens is 2. The summed E-state index contributed by atoms with van der Waals surface area (Å²) in [6, 6.07) is 7.80. The smallest absolute Gasteiger partial charge is 0.381 e. The molecule has 3 aromatic rings. The number of rotatable bonds is 6. The Balaban J connectivity index is 0.00000221. The van der Waals surface area contributed by atoms with Gasteiger partial charge in [0, 0.05) is 69.6 Å². The highest BCUT2D eigenvalue weighted by Crippen LogP contribution is 2.45. The first-order valence-corrected chi connectivity index (χ1v) is 15.6. The molecule has 48 heavy (non-hydrogen) atoms. The third kappa shape index (κ3) is 6.76. The highest BCUT2D eigenvalue weighted by Gasteiger charge is 2.48. The van der Waals surface area contributed by atoms with Crippen LogP contribution < -0.4 is 15.5 Å². The second kappa shape index (κ2) is 14.5. The van der Waals surface area contributed by atoms with E-state index in [1.54, 1.807) is 16.5 Å². The van der Waals surface area contributed by atoms with Crippen LogP contribution >= 0.6 is 0 Å². The highest BCUT2D eigenvalue weighted by molar-refractivity contribution is 6.07. The number of nitrogens with zero attached hydrogens (tertiary/aromatic N) is 5. The Labute approximate surface area is 274 Å². The van der Waals surface area contributed by atoms with Crippen molar-refractivity contribution in [1.29, 1.82) is 5.26 Å². The molecule has 0 saturated carbocycles. The van der Waals surface area contributed by atoms with Gasteiger partial charge in [0.25, 0.3) is 17.7 Å². The lowest BCUT2D eigenvalue weighted by molar-refractivity contribution is -0.137. The summed E-state index contributed by atoms with van der Waals surface area (Å²) in [6.45, 7) is 8.40. The van der Waals surface area contributed by atoms with Gasteiger partial charge in [0.05, 0.1) is 11.6 Å². The maximum absolute atomic E-state index is 14.4. The first kappa shape index (κ1) is 34.5. The zero-order valence-electron chi connectivity index (χ0n) is 26.2. The minimum atomic E-state index is -4.68. The van der Waals surface area contributed by atoms with E-state index in [2.05, 4.69) is 17.2 Å². The summed E-state index contributed by atoms with van der Waals surface area (Å²) in [6.07, 6.45) is -3.49. The van der Waals surface area contributed by atoms with Crippen molar-refractivity contribution in [3.63, 3.8) is 0 Å². The van der Waals surface area contributed by atoms with Crippen LogP contribution in [0.3, 0.4) is 0 Å². The van der Waals surface area contributed by atoms with Gasteiger partial charge in [-0.15, -0.1) is 0 Å². The minimum absolute atomic E-state index is 0.113. The van der Waals surface area contributed by atoms with Crippen LogP contribution in [0.1, 0.15) is 69.3 Å². The summed E-state index contributed by atoms with van der Waals surface area (Å²) in [4.78, 5) is 45.3. The molecule has 0 radical (unpaired) electrons. The summed E-state index contributed by atoms with van der Waals surface area (Å²) in [5.41, 5.74) is -0.352. The van der Waals surface area contributed by atoms with Crippen molar-refractivity contribution in [1.82, 2.24) is 25.3 Å². The van der Waals surface area contributed by atoms with Gasteiger partial charge in [0.2, 0.25) is 0 Å². The molecular formula is C33H35F4N7O4. The number of carbonyl (C=O) groups is 3. The first-order valence-electron chi connectivity index (χ1n) is 15.6. The van der Waals surface area contributed by atoms with E-state index in [0.717, 1.165) is 18.2 Å². The van der Waals surface area contributed by atoms with E-state index in [9.17, 15) is 31.9 Å². The molecule has 6 rings (SSSR count). The van der Waals surface area contributed by atoms with Gasteiger partial charge in [-0.2, -0.15) is 18.3 Å². The number of nitriles is 1. The lowest BCUT2D eigenvalue weighted by Gasteiger charge is -2.39. The molecule has 3 amide bonds. The highest BCUT2D eigenvalue weighted by atomic mass is 19.4. The fourth-order valence-electron chi connectivity index (χ4n) is 6.48. The summed E-state index contributed by atoms with van der Waals surface area (Å²) >= 11 is 0. The third-order valence-corrected chi connectivity index (χ3v) is 8.78. The van der Waals surface area contributed by atoms with E-state index >= 15 is 0 Å². The minimum Gasteiger partial charge on any atom is -0.381 e. The monoisotopic (exact) mass is 669 g/mol. The van der Waals surface area contributed by atoms with E-state index < -0.39 is 41.3 Å². The molecule has 254 valence electrons. The lowest BCUT2D eigenvalue weighted by atomic mass is 9.80. The number of carbonyl (C=O) groups excluding carboxylic acids is 3. The molecule has 2 saturated heterocycles. The second-order valence-electron chi connectivity index (χ2n) is 11.6. The molecule has 15 heteroatoms. The number of benzene rings is 2. The maximum atomic E-state index is 14.4. The van der Waals surface area contributed by atoms with Crippen LogP contribution in [0.15, 0.2) is 48.5 Å². The average molecular weight is 670 g/mol. The first-order chi connectivity index (χ1) is 23.1. The predicted octanol–water partition coefficient (Wildman–Crippen LogP) is 3.87. The van der Waals surface area contributed by atoms with Crippen LogP contribution in [0, 0.1) is 17.7 Å². The number of likely N-dealkylation sites (N-methyl/N-ethyl adjacent to an activating group) is 1. The van der Waals surface area contributed by atoms with E-state index in [0.29, 0.717) is 69.2 Å². The van der Waals surface area contributed by atoms with Crippen molar-refractivity contribution >= 4 is 23.5 Å². The second-order valence-corrected chi connectivity index (χ2v) is 11.6. The summed E-state index contributed by atoms with van der Waals surface area (Å²) in [5.74, 6) is -2.89. The van der Waals surface area contributed by atoms with Crippen molar-refractivity contribution in [3.05, 3.63) is 82.3 Å². The Morgan fingerprint density at radius 2 is 1.75 bits per heavy atom. The van der Waals surface area contributed by atoms with Gasteiger partial charge in [-0.25, -0.2) is 14.3 Å². The van der Waals surface area contributed by atoms with Crippen molar-refractivity contribution in [2.24, 2.45) is 0 Å². The number of amides is 3. The molecule has 3 aliphatic heterocycles. The number of ether oxygens (including phenoxy) is 1. The zero-order valence-corrected chi connectivity index (χ0v) is 26.2. The van der Waals surface area contributed by atoms with Gasteiger partial charge < -0.3 is 20.3 Å². The number of nitrogens with one attached hydrogen (secondary N) is 2.